The minimum atomic E-state index is -3.65. The molecule has 0 aliphatic rings. The summed E-state index contributed by atoms with van der Waals surface area (Å²) in [4.78, 5) is 20.2. The van der Waals surface area contributed by atoms with Crippen molar-refractivity contribution in [1.82, 2.24) is 19.5 Å². The summed E-state index contributed by atoms with van der Waals surface area (Å²) in [6.07, 6.45) is 4.14. The number of nitrogens with one attached hydrogen (secondary N) is 1. The molecule has 0 atom stereocenters. The Labute approximate surface area is 161 Å². The van der Waals surface area contributed by atoms with Crippen molar-refractivity contribution >= 4 is 15.9 Å². The summed E-state index contributed by atoms with van der Waals surface area (Å²) in [6, 6.07) is 9.94. The maximum Gasteiger partial charge on any atom is 0.253 e. The molecule has 1 amide bonds. The third kappa shape index (κ3) is 6.42. The lowest BCUT2D eigenvalue weighted by Crippen LogP contribution is -2.32. The Morgan fingerprint density at radius 1 is 1.07 bits per heavy atom. The van der Waals surface area contributed by atoms with Gasteiger partial charge >= 0.3 is 0 Å². The zero-order chi connectivity index (χ0) is 19.9. The Morgan fingerprint density at radius 3 is 2.44 bits per heavy atom. The molecule has 0 aliphatic heterocycles. The van der Waals surface area contributed by atoms with Crippen molar-refractivity contribution in [2.45, 2.75) is 11.3 Å². The molecule has 7 nitrogen and oxygen atoms in total. The van der Waals surface area contributed by atoms with E-state index in [0.29, 0.717) is 31.6 Å². The predicted molar refractivity (Wildman–Crippen MR) is 105 cm³/mol. The number of hydrogen-bond acceptors (Lipinski definition) is 5. The molecular weight excluding hydrogens is 364 g/mol. The van der Waals surface area contributed by atoms with Crippen LogP contribution >= 0.6 is 0 Å². The number of rotatable bonds is 9. The third-order valence-corrected chi connectivity index (χ3v) is 5.53. The van der Waals surface area contributed by atoms with Gasteiger partial charge in [0.15, 0.2) is 0 Å². The first-order valence-electron chi connectivity index (χ1n) is 8.68. The van der Waals surface area contributed by atoms with Crippen molar-refractivity contribution in [1.29, 1.82) is 0 Å². The maximum atomic E-state index is 12.6. The van der Waals surface area contributed by atoms with E-state index in [2.05, 4.69) is 9.71 Å². The zero-order valence-electron chi connectivity index (χ0n) is 15.9. The van der Waals surface area contributed by atoms with Gasteiger partial charge in [0.1, 0.15) is 0 Å². The molecule has 0 fully saturated rings. The first-order chi connectivity index (χ1) is 12.8. The van der Waals surface area contributed by atoms with Crippen molar-refractivity contribution in [3.63, 3.8) is 0 Å². The summed E-state index contributed by atoms with van der Waals surface area (Å²) < 4.78 is 27.4. The van der Waals surface area contributed by atoms with E-state index < -0.39 is 10.0 Å². The van der Waals surface area contributed by atoms with Crippen LogP contribution in [0.1, 0.15) is 15.9 Å². The van der Waals surface area contributed by atoms with E-state index in [0.717, 1.165) is 5.56 Å². The molecule has 0 aliphatic carbocycles. The quantitative estimate of drug-likeness (QED) is 0.697. The van der Waals surface area contributed by atoms with Gasteiger partial charge in [-0.3, -0.25) is 9.78 Å². The van der Waals surface area contributed by atoms with Crippen LogP contribution in [-0.2, 0) is 16.4 Å². The van der Waals surface area contributed by atoms with Crippen molar-refractivity contribution < 1.29 is 13.2 Å². The third-order valence-electron chi connectivity index (χ3n) is 4.07. The fourth-order valence-corrected chi connectivity index (χ4v) is 3.52. The van der Waals surface area contributed by atoms with E-state index in [4.69, 9.17) is 0 Å². The van der Waals surface area contributed by atoms with Crippen molar-refractivity contribution in [3.8, 4) is 0 Å². The second-order valence-electron chi connectivity index (χ2n) is 6.56. The van der Waals surface area contributed by atoms with Crippen LogP contribution in [0.4, 0.5) is 0 Å². The molecule has 0 saturated heterocycles. The van der Waals surface area contributed by atoms with Gasteiger partial charge < -0.3 is 9.80 Å². The smallest absolute Gasteiger partial charge is 0.253 e. The monoisotopic (exact) mass is 390 g/mol. The van der Waals surface area contributed by atoms with Crippen molar-refractivity contribution in [2.24, 2.45) is 0 Å². The Kier molecular flexibility index (Phi) is 7.46. The lowest BCUT2D eigenvalue weighted by atomic mass is 10.1. The van der Waals surface area contributed by atoms with Crippen LogP contribution in [-0.4, -0.2) is 69.9 Å². The molecule has 0 saturated carbocycles. The number of carbonyl (C=O) groups excluding carboxylic acids is 1. The lowest BCUT2D eigenvalue weighted by Gasteiger charge is -2.18. The van der Waals surface area contributed by atoms with E-state index in [1.807, 2.05) is 31.1 Å². The highest BCUT2D eigenvalue weighted by Gasteiger charge is 2.17. The molecule has 27 heavy (non-hydrogen) atoms. The summed E-state index contributed by atoms with van der Waals surface area (Å²) in [5.74, 6) is -0.214. The van der Waals surface area contributed by atoms with Crippen molar-refractivity contribution in [3.05, 3.63) is 59.9 Å². The van der Waals surface area contributed by atoms with Crippen LogP contribution in [0.5, 0.6) is 0 Å². The van der Waals surface area contributed by atoms with Gasteiger partial charge in [0.2, 0.25) is 10.0 Å². The van der Waals surface area contributed by atoms with E-state index in [9.17, 15) is 13.2 Å². The van der Waals surface area contributed by atoms with Crippen LogP contribution in [0.25, 0.3) is 0 Å². The minimum Gasteiger partial charge on any atom is -0.341 e. The molecular formula is C19H26N4O3S. The molecule has 0 bridgehead atoms. The highest BCUT2D eigenvalue weighted by Crippen LogP contribution is 2.13. The minimum absolute atomic E-state index is 0.0923. The number of likely N-dealkylation sites (N-methyl/N-ethyl adjacent to an activating group) is 2. The average molecular weight is 391 g/mol. The summed E-state index contributed by atoms with van der Waals surface area (Å²) in [5.41, 5.74) is 1.44. The average Bonchev–Trinajstić information content (AvgIpc) is 2.66. The first kappa shape index (κ1) is 21.0. The molecule has 0 unspecified atom stereocenters. The summed E-state index contributed by atoms with van der Waals surface area (Å²) >= 11 is 0. The molecule has 0 radical (unpaired) electrons. The summed E-state index contributed by atoms with van der Waals surface area (Å²) in [5, 5.41) is 0. The molecule has 1 aromatic carbocycles. The number of aromatic nitrogens is 1. The van der Waals surface area contributed by atoms with Gasteiger partial charge in [-0.15, -0.1) is 0 Å². The van der Waals surface area contributed by atoms with Crippen LogP contribution in [0, 0.1) is 0 Å². The SMILES string of the molecule is CN(C)CCNS(=O)(=O)c1cccc(C(=O)N(C)CCc2ccncc2)c1. The van der Waals surface area contributed by atoms with Gasteiger partial charge in [-0.05, 0) is 56.4 Å². The van der Waals surface area contributed by atoms with Gasteiger partial charge in [0, 0.05) is 44.6 Å². The molecule has 1 aromatic heterocycles. The second-order valence-corrected chi connectivity index (χ2v) is 8.33. The second kappa shape index (κ2) is 9.59. The summed E-state index contributed by atoms with van der Waals surface area (Å²) in [6.45, 7) is 1.43. The largest absolute Gasteiger partial charge is 0.341 e. The number of carbonyl (C=O) groups is 1. The van der Waals surface area contributed by atoms with Gasteiger partial charge in [-0.1, -0.05) is 6.07 Å². The molecule has 1 heterocycles. The van der Waals surface area contributed by atoms with E-state index >= 15 is 0 Å². The highest BCUT2D eigenvalue weighted by molar-refractivity contribution is 7.89. The van der Waals surface area contributed by atoms with Gasteiger partial charge in [-0.2, -0.15) is 0 Å². The summed E-state index contributed by atoms with van der Waals surface area (Å²) in [7, 11) is 1.80. The van der Waals surface area contributed by atoms with Crippen molar-refractivity contribution in [2.75, 3.05) is 40.8 Å². The predicted octanol–water partition coefficient (Wildman–Crippen LogP) is 1.24. The lowest BCUT2D eigenvalue weighted by molar-refractivity contribution is 0.0796. The van der Waals surface area contributed by atoms with E-state index in [1.165, 1.54) is 12.1 Å². The van der Waals surface area contributed by atoms with Crippen LogP contribution < -0.4 is 4.72 Å². The molecule has 2 rings (SSSR count). The normalized spacial score (nSPS) is 11.6. The van der Waals surface area contributed by atoms with Crippen LogP contribution in [0.3, 0.4) is 0 Å². The fourth-order valence-electron chi connectivity index (χ4n) is 2.45. The van der Waals surface area contributed by atoms with Gasteiger partial charge in [0.25, 0.3) is 5.91 Å². The number of amides is 1. The van der Waals surface area contributed by atoms with E-state index in [1.54, 1.807) is 36.5 Å². The number of benzene rings is 1. The Hall–Kier alpha value is -2.29. The highest BCUT2D eigenvalue weighted by atomic mass is 32.2. The van der Waals surface area contributed by atoms with Gasteiger partial charge in [0.05, 0.1) is 4.90 Å². The number of pyridine rings is 1. The molecule has 2 aromatic rings. The Bertz CT molecular complexity index is 854. The molecule has 1 N–H and O–H groups in total. The Balaban J connectivity index is 2.03. The van der Waals surface area contributed by atoms with E-state index in [-0.39, 0.29) is 10.8 Å². The number of nitrogens with zero attached hydrogens (tertiary/aromatic N) is 3. The molecule has 8 heteroatoms. The number of sulfonamides is 1. The zero-order valence-corrected chi connectivity index (χ0v) is 16.7. The molecule has 0 spiro atoms. The standard InChI is InChI=1S/C19H26N4O3S/c1-22(2)14-12-21-27(25,26)18-6-4-5-17(15-18)19(24)23(3)13-9-16-7-10-20-11-8-16/h4-8,10-11,15,21H,9,12-14H2,1-3H3. The van der Waals surface area contributed by atoms with Crippen LogP contribution in [0.2, 0.25) is 0 Å². The topological polar surface area (TPSA) is 82.6 Å². The first-order valence-corrected chi connectivity index (χ1v) is 10.2. The van der Waals surface area contributed by atoms with Crippen LogP contribution in [0.15, 0.2) is 53.7 Å². The fraction of sp³-hybridized carbons (Fsp3) is 0.368. The van der Waals surface area contributed by atoms with Gasteiger partial charge in [-0.25, -0.2) is 13.1 Å². The number of hydrogen-bond donors (Lipinski definition) is 1. The Morgan fingerprint density at radius 2 is 1.78 bits per heavy atom. The molecule has 146 valence electrons. The maximum absolute atomic E-state index is 12.6.